The number of urea groups is 1. The van der Waals surface area contributed by atoms with Crippen LogP contribution >= 0.6 is 15.9 Å². The molecule has 0 bridgehead atoms. The molecule has 0 saturated carbocycles. The molecule has 2 heterocycles. The summed E-state index contributed by atoms with van der Waals surface area (Å²) in [7, 11) is 0. The second-order valence-corrected chi connectivity index (χ2v) is 7.10. The van der Waals surface area contributed by atoms with Crippen molar-refractivity contribution in [2.75, 3.05) is 12.1 Å². The smallest absolute Gasteiger partial charge is 0.319 e. The molecule has 138 valence electrons. The Morgan fingerprint density at radius 2 is 1.89 bits per heavy atom. The zero-order valence-corrected chi connectivity index (χ0v) is 15.7. The second kappa shape index (κ2) is 6.96. The fraction of sp³-hybridized carbons (Fsp3) is 0.158. The van der Waals surface area contributed by atoms with Crippen LogP contribution in [-0.4, -0.2) is 18.7 Å². The van der Waals surface area contributed by atoms with Crippen molar-refractivity contribution in [1.29, 1.82) is 0 Å². The van der Waals surface area contributed by atoms with Crippen molar-refractivity contribution in [3.8, 4) is 11.5 Å². The highest BCUT2D eigenvalue weighted by molar-refractivity contribution is 9.10. The van der Waals surface area contributed by atoms with Crippen LogP contribution in [0, 0.1) is 5.92 Å². The number of benzene rings is 2. The largest absolute Gasteiger partial charge is 0.454 e. The summed E-state index contributed by atoms with van der Waals surface area (Å²) in [4.78, 5) is 24.9. The van der Waals surface area contributed by atoms with Gasteiger partial charge in [0.15, 0.2) is 11.5 Å². The van der Waals surface area contributed by atoms with Gasteiger partial charge in [0.25, 0.3) is 0 Å². The summed E-state index contributed by atoms with van der Waals surface area (Å²) >= 11 is 3.36. The normalized spacial score (nSPS) is 20.6. The molecule has 4 rings (SSSR count). The molecule has 0 radical (unpaired) electrons. The number of nitrogens with one attached hydrogen (secondary N) is 3. The monoisotopic (exact) mass is 429 g/mol. The Hall–Kier alpha value is -3.00. The van der Waals surface area contributed by atoms with Crippen molar-refractivity contribution >= 4 is 33.6 Å². The summed E-state index contributed by atoms with van der Waals surface area (Å²) < 4.78 is 11.6. The summed E-state index contributed by atoms with van der Waals surface area (Å²) in [6.07, 6.45) is 0. The maximum absolute atomic E-state index is 13.0. The Balaban J connectivity index is 1.63. The van der Waals surface area contributed by atoms with Gasteiger partial charge in [0, 0.05) is 15.9 Å². The van der Waals surface area contributed by atoms with Gasteiger partial charge in [0.2, 0.25) is 12.7 Å². The number of anilines is 1. The summed E-state index contributed by atoms with van der Waals surface area (Å²) in [5.41, 5.74) is 1.71. The Kier molecular flexibility index (Phi) is 4.49. The first-order chi connectivity index (χ1) is 13.0. The van der Waals surface area contributed by atoms with Gasteiger partial charge >= 0.3 is 6.03 Å². The standard InChI is InChI=1S/C19H16BrN3O4/c1-10-16(18(24)22-13-5-3-12(20)4-6-13)17(23-19(25)21-10)11-2-7-14-15(8-11)27-9-26-14/h2-8,16-17H,1,9H2,(H,22,24)(H2,21,23,25). The first kappa shape index (κ1) is 17.4. The Morgan fingerprint density at radius 1 is 1.15 bits per heavy atom. The SMILES string of the molecule is C=C1NC(=O)NC(c2ccc3c(c2)OCO3)C1C(=O)Nc1ccc(Br)cc1. The van der Waals surface area contributed by atoms with Gasteiger partial charge in [-0.25, -0.2) is 4.79 Å². The highest BCUT2D eigenvalue weighted by Gasteiger charge is 2.38. The maximum Gasteiger partial charge on any atom is 0.319 e. The zero-order chi connectivity index (χ0) is 19.0. The van der Waals surface area contributed by atoms with E-state index >= 15 is 0 Å². The van der Waals surface area contributed by atoms with Crippen LogP contribution in [0.25, 0.3) is 0 Å². The molecular formula is C19H16BrN3O4. The van der Waals surface area contributed by atoms with Crippen LogP contribution in [0.4, 0.5) is 10.5 Å². The van der Waals surface area contributed by atoms with Crippen LogP contribution in [0.2, 0.25) is 0 Å². The predicted molar refractivity (Wildman–Crippen MR) is 102 cm³/mol. The van der Waals surface area contributed by atoms with E-state index in [1.54, 1.807) is 30.3 Å². The lowest BCUT2D eigenvalue weighted by Gasteiger charge is -2.34. The van der Waals surface area contributed by atoms with Crippen LogP contribution in [0.15, 0.2) is 59.2 Å². The van der Waals surface area contributed by atoms with E-state index in [1.807, 2.05) is 12.1 Å². The molecule has 2 atom stereocenters. The number of rotatable bonds is 3. The Labute approximate surface area is 163 Å². The average Bonchev–Trinajstić information content (AvgIpc) is 3.10. The van der Waals surface area contributed by atoms with Crippen LogP contribution in [-0.2, 0) is 4.79 Å². The van der Waals surface area contributed by atoms with Gasteiger partial charge in [-0.3, -0.25) is 4.79 Å². The van der Waals surface area contributed by atoms with E-state index in [0.29, 0.717) is 22.9 Å². The Morgan fingerprint density at radius 3 is 2.67 bits per heavy atom. The van der Waals surface area contributed by atoms with Gasteiger partial charge < -0.3 is 25.4 Å². The van der Waals surface area contributed by atoms with Crippen molar-refractivity contribution in [3.05, 3.63) is 64.8 Å². The van der Waals surface area contributed by atoms with Crippen molar-refractivity contribution in [2.45, 2.75) is 6.04 Å². The maximum atomic E-state index is 13.0. The summed E-state index contributed by atoms with van der Waals surface area (Å²) in [6, 6.07) is 11.6. The van der Waals surface area contributed by atoms with E-state index in [9.17, 15) is 9.59 Å². The lowest BCUT2D eigenvalue weighted by molar-refractivity contribution is -0.119. The molecule has 7 nitrogen and oxygen atoms in total. The molecule has 2 aromatic rings. The third-order valence-electron chi connectivity index (χ3n) is 4.42. The topological polar surface area (TPSA) is 88.7 Å². The minimum Gasteiger partial charge on any atom is -0.454 e. The number of ether oxygens (including phenoxy) is 2. The zero-order valence-electron chi connectivity index (χ0n) is 14.1. The molecule has 2 unspecified atom stereocenters. The van der Waals surface area contributed by atoms with E-state index in [0.717, 1.165) is 10.0 Å². The van der Waals surface area contributed by atoms with Crippen LogP contribution in [0.5, 0.6) is 11.5 Å². The van der Waals surface area contributed by atoms with Gasteiger partial charge in [0.05, 0.1) is 6.04 Å². The fourth-order valence-corrected chi connectivity index (χ4v) is 3.39. The number of hydrogen-bond donors (Lipinski definition) is 3. The fourth-order valence-electron chi connectivity index (χ4n) is 3.13. The van der Waals surface area contributed by atoms with E-state index in [4.69, 9.17) is 9.47 Å². The lowest BCUT2D eigenvalue weighted by Crippen LogP contribution is -2.51. The minimum atomic E-state index is -0.702. The molecule has 27 heavy (non-hydrogen) atoms. The third-order valence-corrected chi connectivity index (χ3v) is 4.95. The van der Waals surface area contributed by atoms with E-state index < -0.39 is 18.0 Å². The van der Waals surface area contributed by atoms with Gasteiger partial charge in [-0.1, -0.05) is 28.6 Å². The number of amides is 3. The molecule has 1 saturated heterocycles. The minimum absolute atomic E-state index is 0.150. The average molecular weight is 430 g/mol. The first-order valence-electron chi connectivity index (χ1n) is 8.23. The van der Waals surface area contributed by atoms with Crippen LogP contribution < -0.4 is 25.4 Å². The molecule has 0 aromatic heterocycles. The second-order valence-electron chi connectivity index (χ2n) is 6.19. The number of carbonyl (C=O) groups excluding carboxylic acids is 2. The van der Waals surface area contributed by atoms with Gasteiger partial charge in [-0.2, -0.15) is 0 Å². The van der Waals surface area contributed by atoms with Crippen molar-refractivity contribution < 1.29 is 19.1 Å². The first-order valence-corrected chi connectivity index (χ1v) is 9.03. The van der Waals surface area contributed by atoms with E-state index in [1.165, 1.54) is 0 Å². The van der Waals surface area contributed by atoms with Crippen LogP contribution in [0.3, 0.4) is 0 Å². The molecule has 1 fully saturated rings. The predicted octanol–water partition coefficient (Wildman–Crippen LogP) is 3.30. The van der Waals surface area contributed by atoms with E-state index in [2.05, 4.69) is 38.5 Å². The summed E-state index contributed by atoms with van der Waals surface area (Å²) in [5.74, 6) is 0.232. The molecule has 8 heteroatoms. The Bertz CT molecular complexity index is 929. The molecule has 3 amide bonds. The number of hydrogen-bond acceptors (Lipinski definition) is 4. The third kappa shape index (κ3) is 3.48. The number of carbonyl (C=O) groups is 2. The molecular weight excluding hydrogens is 414 g/mol. The molecule has 3 N–H and O–H groups in total. The van der Waals surface area contributed by atoms with Gasteiger partial charge in [-0.05, 0) is 42.0 Å². The van der Waals surface area contributed by atoms with Crippen LogP contribution in [0.1, 0.15) is 11.6 Å². The highest BCUT2D eigenvalue weighted by atomic mass is 79.9. The van der Waals surface area contributed by atoms with Crippen molar-refractivity contribution in [1.82, 2.24) is 10.6 Å². The van der Waals surface area contributed by atoms with Gasteiger partial charge in [-0.15, -0.1) is 0 Å². The summed E-state index contributed by atoms with van der Waals surface area (Å²) in [6.45, 7) is 4.03. The van der Waals surface area contributed by atoms with Gasteiger partial charge in [0.1, 0.15) is 5.92 Å². The lowest BCUT2D eigenvalue weighted by atomic mass is 9.88. The molecule has 0 aliphatic carbocycles. The summed E-state index contributed by atoms with van der Waals surface area (Å²) in [5, 5.41) is 8.26. The molecule has 0 spiro atoms. The molecule has 2 aliphatic heterocycles. The molecule has 2 aliphatic rings. The van der Waals surface area contributed by atoms with E-state index in [-0.39, 0.29) is 12.7 Å². The number of fused-ring (bicyclic) bond motifs is 1. The highest BCUT2D eigenvalue weighted by Crippen LogP contribution is 2.38. The quantitative estimate of drug-likeness (QED) is 0.698. The number of halogens is 1. The van der Waals surface area contributed by atoms with Crippen molar-refractivity contribution in [3.63, 3.8) is 0 Å². The van der Waals surface area contributed by atoms with Crippen molar-refractivity contribution in [2.24, 2.45) is 5.92 Å². The molecule has 2 aromatic carbocycles.